The van der Waals surface area contributed by atoms with Crippen LogP contribution >= 0.6 is 11.6 Å². The third-order valence-corrected chi connectivity index (χ3v) is 5.39. The molecule has 1 aliphatic heterocycles. The molecule has 3 amide bonds. The monoisotopic (exact) mass is 451 g/mol. The standard InChI is InChI=1S/C23H34ClN3O4/c1-22(2,3)18(25-21(30)31-23(4,5)6)20(29)27-14-8-9-17(27)19(28)26(7)16-12-10-15(24)11-13-16/h10-13,17-18H,8-9,14H2,1-7H3,(H,25,30). The van der Waals surface area contributed by atoms with Crippen LogP contribution in [0, 0.1) is 5.41 Å². The van der Waals surface area contributed by atoms with E-state index >= 15 is 0 Å². The van der Waals surface area contributed by atoms with Crippen LogP contribution in [0.1, 0.15) is 54.4 Å². The van der Waals surface area contributed by atoms with Gasteiger partial charge in [-0.3, -0.25) is 9.59 Å². The molecule has 31 heavy (non-hydrogen) atoms. The Bertz CT molecular complexity index is 812. The van der Waals surface area contributed by atoms with Gasteiger partial charge in [0.25, 0.3) is 0 Å². The van der Waals surface area contributed by atoms with Crippen LogP contribution in [-0.4, -0.2) is 54.1 Å². The predicted molar refractivity (Wildman–Crippen MR) is 122 cm³/mol. The fraction of sp³-hybridized carbons (Fsp3) is 0.609. The van der Waals surface area contributed by atoms with Gasteiger partial charge in [-0.25, -0.2) is 4.79 Å². The van der Waals surface area contributed by atoms with Crippen molar-refractivity contribution in [2.24, 2.45) is 5.41 Å². The van der Waals surface area contributed by atoms with Crippen LogP contribution in [0.25, 0.3) is 0 Å². The normalized spacial score (nSPS) is 17.8. The van der Waals surface area contributed by atoms with Crippen LogP contribution in [0.15, 0.2) is 24.3 Å². The van der Waals surface area contributed by atoms with Gasteiger partial charge in [0.1, 0.15) is 17.7 Å². The summed E-state index contributed by atoms with van der Waals surface area (Å²) in [6.45, 7) is 11.4. The Morgan fingerprint density at radius 3 is 2.23 bits per heavy atom. The maximum Gasteiger partial charge on any atom is 0.408 e. The average molecular weight is 452 g/mol. The summed E-state index contributed by atoms with van der Waals surface area (Å²) >= 11 is 5.95. The van der Waals surface area contributed by atoms with Crippen molar-refractivity contribution in [3.63, 3.8) is 0 Å². The third kappa shape index (κ3) is 6.60. The van der Waals surface area contributed by atoms with Crippen LogP contribution < -0.4 is 10.2 Å². The average Bonchev–Trinajstić information content (AvgIpc) is 3.12. The van der Waals surface area contributed by atoms with Gasteiger partial charge in [0.15, 0.2) is 0 Å². The first-order valence-electron chi connectivity index (χ1n) is 10.5. The SMILES string of the molecule is CN(C(=O)C1CCCN1C(=O)C(NC(=O)OC(C)(C)C)C(C)(C)C)c1ccc(Cl)cc1. The fourth-order valence-corrected chi connectivity index (χ4v) is 3.67. The molecule has 1 saturated heterocycles. The van der Waals surface area contributed by atoms with E-state index < -0.39 is 29.2 Å². The lowest BCUT2D eigenvalue weighted by molar-refractivity contribution is -0.141. The summed E-state index contributed by atoms with van der Waals surface area (Å²) in [6, 6.07) is 5.57. The number of benzene rings is 1. The number of rotatable bonds is 4. The molecule has 0 spiro atoms. The van der Waals surface area contributed by atoms with Crippen LogP contribution in [0.5, 0.6) is 0 Å². The quantitative estimate of drug-likeness (QED) is 0.742. The van der Waals surface area contributed by atoms with Gasteiger partial charge < -0.3 is 19.9 Å². The van der Waals surface area contributed by atoms with Crippen molar-refractivity contribution in [1.29, 1.82) is 0 Å². The smallest absolute Gasteiger partial charge is 0.408 e. The Labute approximate surface area is 190 Å². The van der Waals surface area contributed by atoms with Crippen molar-refractivity contribution in [2.75, 3.05) is 18.5 Å². The molecular formula is C23H34ClN3O4. The second kappa shape index (κ2) is 9.47. The number of carbonyl (C=O) groups is 3. The van der Waals surface area contributed by atoms with E-state index in [1.807, 2.05) is 20.8 Å². The van der Waals surface area contributed by atoms with Crippen molar-refractivity contribution >= 4 is 35.2 Å². The van der Waals surface area contributed by atoms with E-state index in [1.54, 1.807) is 61.9 Å². The minimum Gasteiger partial charge on any atom is -0.444 e. The number of nitrogens with zero attached hydrogens (tertiary/aromatic N) is 2. The molecule has 1 aromatic rings. The van der Waals surface area contributed by atoms with E-state index in [4.69, 9.17) is 16.3 Å². The molecule has 172 valence electrons. The minimum atomic E-state index is -0.823. The number of hydrogen-bond acceptors (Lipinski definition) is 4. The van der Waals surface area contributed by atoms with Gasteiger partial charge in [0.05, 0.1) is 0 Å². The number of carbonyl (C=O) groups excluding carboxylic acids is 3. The highest BCUT2D eigenvalue weighted by molar-refractivity contribution is 6.30. The van der Waals surface area contributed by atoms with E-state index in [-0.39, 0.29) is 11.8 Å². The number of nitrogens with one attached hydrogen (secondary N) is 1. The highest BCUT2D eigenvalue weighted by atomic mass is 35.5. The molecule has 0 aromatic heterocycles. The molecular weight excluding hydrogens is 418 g/mol. The Kier molecular flexibility index (Phi) is 7.63. The fourth-order valence-electron chi connectivity index (χ4n) is 3.54. The van der Waals surface area contributed by atoms with Gasteiger partial charge in [-0.05, 0) is 63.3 Å². The van der Waals surface area contributed by atoms with E-state index in [1.165, 1.54) is 0 Å². The van der Waals surface area contributed by atoms with Gasteiger partial charge in [-0.15, -0.1) is 0 Å². The zero-order valence-corrected chi connectivity index (χ0v) is 20.2. The number of likely N-dealkylation sites (N-methyl/N-ethyl adjacent to an activating group) is 1. The lowest BCUT2D eigenvalue weighted by atomic mass is 9.85. The molecule has 7 nitrogen and oxygen atoms in total. The number of alkyl carbamates (subject to hydrolysis) is 1. The first kappa shape index (κ1) is 25.0. The zero-order chi connectivity index (χ0) is 23.6. The maximum absolute atomic E-state index is 13.5. The van der Waals surface area contributed by atoms with Crippen molar-refractivity contribution in [3.8, 4) is 0 Å². The van der Waals surface area contributed by atoms with Crippen LogP contribution in [0.4, 0.5) is 10.5 Å². The number of amides is 3. The molecule has 8 heteroatoms. The molecule has 1 N–H and O–H groups in total. The lowest BCUT2D eigenvalue weighted by Gasteiger charge is -2.36. The van der Waals surface area contributed by atoms with Crippen LogP contribution in [-0.2, 0) is 14.3 Å². The largest absolute Gasteiger partial charge is 0.444 e. The number of halogens is 1. The summed E-state index contributed by atoms with van der Waals surface area (Å²) in [6.07, 6.45) is 0.646. The number of hydrogen-bond donors (Lipinski definition) is 1. The molecule has 1 heterocycles. The Morgan fingerprint density at radius 1 is 1.13 bits per heavy atom. The van der Waals surface area contributed by atoms with Crippen LogP contribution in [0.3, 0.4) is 0 Å². The number of ether oxygens (including phenoxy) is 1. The maximum atomic E-state index is 13.5. The van der Waals surface area contributed by atoms with E-state index in [0.29, 0.717) is 23.7 Å². The highest BCUT2D eigenvalue weighted by Crippen LogP contribution is 2.28. The second-order valence-electron chi connectivity index (χ2n) is 10.0. The van der Waals surface area contributed by atoms with E-state index in [9.17, 15) is 14.4 Å². The van der Waals surface area contributed by atoms with E-state index in [2.05, 4.69) is 5.32 Å². The van der Waals surface area contributed by atoms with Gasteiger partial charge in [0.2, 0.25) is 11.8 Å². The third-order valence-electron chi connectivity index (χ3n) is 5.14. The molecule has 1 aliphatic rings. The molecule has 1 fully saturated rings. The molecule has 1 aromatic carbocycles. The second-order valence-corrected chi connectivity index (χ2v) is 10.4. The van der Waals surface area contributed by atoms with Crippen molar-refractivity contribution in [2.45, 2.75) is 72.1 Å². The van der Waals surface area contributed by atoms with Gasteiger partial charge >= 0.3 is 6.09 Å². The first-order valence-corrected chi connectivity index (χ1v) is 10.9. The predicted octanol–water partition coefficient (Wildman–Crippen LogP) is 4.23. The summed E-state index contributed by atoms with van der Waals surface area (Å²) in [5.41, 5.74) is -0.539. The highest BCUT2D eigenvalue weighted by Gasteiger charge is 2.43. The first-order chi connectivity index (χ1) is 14.2. The van der Waals surface area contributed by atoms with Crippen molar-refractivity contribution in [1.82, 2.24) is 10.2 Å². The van der Waals surface area contributed by atoms with Crippen LogP contribution in [0.2, 0.25) is 5.02 Å². The summed E-state index contributed by atoms with van der Waals surface area (Å²) in [4.78, 5) is 42.2. The lowest BCUT2D eigenvalue weighted by Crippen LogP contribution is -2.58. The van der Waals surface area contributed by atoms with Crippen molar-refractivity contribution in [3.05, 3.63) is 29.3 Å². The molecule has 0 saturated carbocycles. The van der Waals surface area contributed by atoms with Crippen molar-refractivity contribution < 1.29 is 19.1 Å². The van der Waals surface area contributed by atoms with Gasteiger partial charge in [-0.1, -0.05) is 32.4 Å². The molecule has 0 aliphatic carbocycles. The molecule has 0 bridgehead atoms. The molecule has 2 unspecified atom stereocenters. The van der Waals surface area contributed by atoms with E-state index in [0.717, 1.165) is 6.42 Å². The summed E-state index contributed by atoms with van der Waals surface area (Å²) in [7, 11) is 1.69. The number of likely N-dealkylation sites (tertiary alicyclic amines) is 1. The summed E-state index contributed by atoms with van der Waals surface area (Å²) in [5, 5.41) is 3.31. The zero-order valence-electron chi connectivity index (χ0n) is 19.5. The summed E-state index contributed by atoms with van der Waals surface area (Å²) < 4.78 is 5.35. The number of anilines is 1. The minimum absolute atomic E-state index is 0.168. The summed E-state index contributed by atoms with van der Waals surface area (Å²) in [5.74, 6) is -0.447. The molecule has 0 radical (unpaired) electrons. The molecule has 2 atom stereocenters. The Morgan fingerprint density at radius 2 is 1.71 bits per heavy atom. The Hall–Kier alpha value is -2.28. The molecule has 2 rings (SSSR count). The Balaban J connectivity index is 2.20. The van der Waals surface area contributed by atoms with Gasteiger partial charge in [-0.2, -0.15) is 0 Å². The van der Waals surface area contributed by atoms with Gasteiger partial charge in [0, 0.05) is 24.3 Å². The topological polar surface area (TPSA) is 79.0 Å².